The number of benzene rings is 1. The molecule has 0 heterocycles. The minimum absolute atomic E-state index is 0.156. The van der Waals surface area contributed by atoms with Crippen molar-refractivity contribution in [2.45, 2.75) is 0 Å². The predicted molar refractivity (Wildman–Crippen MR) is 45.9 cm³/mol. The van der Waals surface area contributed by atoms with Crippen LogP contribution in [0, 0.1) is 0 Å². The molecule has 4 heteroatoms. The minimum atomic E-state index is -0.156. The van der Waals surface area contributed by atoms with Crippen LogP contribution in [0.4, 0.5) is 10.2 Å². The second-order valence-corrected chi connectivity index (χ2v) is 2.27. The van der Waals surface area contributed by atoms with Gasteiger partial charge in [-0.25, -0.2) is 0 Å². The van der Waals surface area contributed by atoms with Crippen LogP contribution in [0.25, 0.3) is 0 Å². The first-order valence-electron chi connectivity index (χ1n) is 3.01. The lowest BCUT2D eigenvalue weighted by atomic mass is 10.3. The van der Waals surface area contributed by atoms with Crippen molar-refractivity contribution >= 4 is 23.0 Å². The van der Waals surface area contributed by atoms with Gasteiger partial charge < -0.3 is 5.32 Å². The second-order valence-electron chi connectivity index (χ2n) is 1.88. The van der Waals surface area contributed by atoms with Crippen molar-refractivity contribution in [1.82, 2.24) is 5.54 Å². The number of rotatable bonds is 1. The largest absolute Gasteiger partial charge is 0.329 e. The Kier molecular flexibility index (Phi) is 2.80. The normalized spacial score (nSPS) is 8.82. The van der Waals surface area contributed by atoms with Crippen molar-refractivity contribution in [2.24, 2.45) is 0 Å². The van der Waals surface area contributed by atoms with Gasteiger partial charge in [0.15, 0.2) is 0 Å². The van der Waals surface area contributed by atoms with E-state index in [0.29, 0.717) is 0 Å². The van der Waals surface area contributed by atoms with Crippen molar-refractivity contribution in [3.05, 3.63) is 30.3 Å². The number of nitrogens with one attached hydrogen (secondary N) is 1. The molecule has 1 rings (SSSR count). The molecule has 0 bridgehead atoms. The molecule has 0 aliphatic carbocycles. The van der Waals surface area contributed by atoms with E-state index in [1.54, 1.807) is 12.1 Å². The fraction of sp³-hybridized carbons (Fsp3) is 0. The van der Waals surface area contributed by atoms with Crippen LogP contribution in [-0.2, 0) is 0 Å². The molecule has 0 amide bonds. The summed E-state index contributed by atoms with van der Waals surface area (Å²) in [5, 5.41) is 2.43. The monoisotopic (exact) mass is 169 g/mol. The number of thiocarbonyl (C=S) groups is 1. The molecule has 11 heavy (non-hydrogen) atoms. The van der Waals surface area contributed by atoms with E-state index in [2.05, 4.69) is 23.1 Å². The molecule has 2 nitrogen and oxygen atoms in total. The van der Waals surface area contributed by atoms with E-state index in [0.717, 1.165) is 5.69 Å². The molecule has 1 N–H and O–H groups in total. The average Bonchev–Trinajstić information content (AvgIpc) is 2.06. The third kappa shape index (κ3) is 2.51. The maximum Gasteiger partial charge on any atom is 0.228 e. The maximum atomic E-state index is 11.5. The van der Waals surface area contributed by atoms with Gasteiger partial charge in [0.05, 0.1) is 0 Å². The van der Waals surface area contributed by atoms with Gasteiger partial charge in [0, 0.05) is 5.69 Å². The SMILES string of the molecule is F[N]C(=S)Nc1ccccc1. The Morgan fingerprint density at radius 1 is 1.36 bits per heavy atom. The second kappa shape index (κ2) is 3.88. The van der Waals surface area contributed by atoms with E-state index >= 15 is 0 Å². The third-order valence-corrected chi connectivity index (χ3v) is 1.27. The summed E-state index contributed by atoms with van der Waals surface area (Å²) in [7, 11) is 0. The summed E-state index contributed by atoms with van der Waals surface area (Å²) < 4.78 is 11.5. The molecule has 0 saturated heterocycles. The highest BCUT2D eigenvalue weighted by molar-refractivity contribution is 7.80. The lowest BCUT2D eigenvalue weighted by molar-refractivity contribution is 0.425. The molecule has 0 saturated carbocycles. The van der Waals surface area contributed by atoms with Gasteiger partial charge in [-0.1, -0.05) is 28.2 Å². The molecule has 0 aliphatic rings. The van der Waals surface area contributed by atoms with Gasteiger partial charge in [-0.15, -0.1) is 0 Å². The van der Waals surface area contributed by atoms with Gasteiger partial charge in [0.2, 0.25) is 5.11 Å². The molecular formula is C7H6FN2S. The van der Waals surface area contributed by atoms with Crippen LogP contribution in [0.2, 0.25) is 0 Å². The van der Waals surface area contributed by atoms with Crippen LogP contribution in [0.1, 0.15) is 0 Å². The van der Waals surface area contributed by atoms with E-state index < -0.39 is 0 Å². The highest BCUT2D eigenvalue weighted by atomic mass is 32.1. The fourth-order valence-corrected chi connectivity index (χ4v) is 0.784. The van der Waals surface area contributed by atoms with Crippen LogP contribution >= 0.6 is 12.2 Å². The van der Waals surface area contributed by atoms with Crippen molar-refractivity contribution in [1.29, 1.82) is 0 Å². The summed E-state index contributed by atoms with van der Waals surface area (Å²) in [6, 6.07) is 9.06. The number of nitrogens with zero attached hydrogens (tertiary/aromatic N) is 1. The Morgan fingerprint density at radius 3 is 2.55 bits per heavy atom. The van der Waals surface area contributed by atoms with Crippen molar-refractivity contribution in [3.8, 4) is 0 Å². The summed E-state index contributed by atoms with van der Waals surface area (Å²) >= 11 is 4.48. The molecule has 1 aromatic carbocycles. The molecule has 0 aliphatic heterocycles. The zero-order chi connectivity index (χ0) is 8.10. The van der Waals surface area contributed by atoms with Crippen LogP contribution in [0.3, 0.4) is 0 Å². The summed E-state index contributed by atoms with van der Waals surface area (Å²) in [5.41, 5.74) is 3.04. The molecule has 57 valence electrons. The third-order valence-electron chi connectivity index (χ3n) is 1.10. The fourth-order valence-electron chi connectivity index (χ4n) is 0.666. The van der Waals surface area contributed by atoms with E-state index in [-0.39, 0.29) is 5.11 Å². The van der Waals surface area contributed by atoms with Gasteiger partial charge in [-0.3, -0.25) is 0 Å². The van der Waals surface area contributed by atoms with E-state index in [9.17, 15) is 4.48 Å². The first-order chi connectivity index (χ1) is 5.33. The first kappa shape index (κ1) is 7.94. The molecule has 1 radical (unpaired) electrons. The van der Waals surface area contributed by atoms with Gasteiger partial charge in [0.1, 0.15) is 0 Å². The van der Waals surface area contributed by atoms with E-state index in [1.165, 1.54) is 0 Å². The molecule has 1 aromatic rings. The summed E-state index contributed by atoms with van der Waals surface area (Å²) in [6.07, 6.45) is 0. The lowest BCUT2D eigenvalue weighted by Gasteiger charge is -2.00. The topological polar surface area (TPSA) is 26.1 Å². The first-order valence-corrected chi connectivity index (χ1v) is 3.42. The standard InChI is InChI=1S/C7H6FN2S/c8-10-7(11)9-6-4-2-1-3-5-6/h1-5H,(H,9,11). The van der Waals surface area contributed by atoms with Crippen LogP contribution < -0.4 is 10.9 Å². The summed E-state index contributed by atoms with van der Waals surface area (Å²) in [4.78, 5) is 0. The summed E-state index contributed by atoms with van der Waals surface area (Å²) in [6.45, 7) is 0. The van der Waals surface area contributed by atoms with Gasteiger partial charge >= 0.3 is 0 Å². The zero-order valence-electron chi connectivity index (χ0n) is 5.62. The number of halogens is 1. The van der Waals surface area contributed by atoms with Crippen molar-refractivity contribution < 1.29 is 4.48 Å². The van der Waals surface area contributed by atoms with E-state index in [4.69, 9.17) is 0 Å². The zero-order valence-corrected chi connectivity index (χ0v) is 6.44. The van der Waals surface area contributed by atoms with Crippen LogP contribution in [-0.4, -0.2) is 5.11 Å². The van der Waals surface area contributed by atoms with Crippen LogP contribution in [0.15, 0.2) is 30.3 Å². The Hall–Kier alpha value is -1.16. The predicted octanol–water partition coefficient (Wildman–Crippen LogP) is 1.87. The molecule has 0 aromatic heterocycles. The Morgan fingerprint density at radius 2 is 2.00 bits per heavy atom. The smallest absolute Gasteiger partial charge is 0.228 e. The molecular weight excluding hydrogens is 163 g/mol. The lowest BCUT2D eigenvalue weighted by Crippen LogP contribution is -2.15. The molecule has 0 fully saturated rings. The molecule has 0 unspecified atom stereocenters. The highest BCUT2D eigenvalue weighted by Crippen LogP contribution is 2.04. The quantitative estimate of drug-likeness (QED) is 0.649. The Bertz CT molecular complexity index is 237. The Labute approximate surface area is 69.4 Å². The summed E-state index contributed by atoms with van der Waals surface area (Å²) in [5.74, 6) is 0. The number of para-hydroxylation sites is 1. The average molecular weight is 169 g/mol. The Balaban J connectivity index is 2.58. The van der Waals surface area contributed by atoms with Gasteiger partial charge in [-0.2, -0.15) is 0 Å². The number of anilines is 1. The van der Waals surface area contributed by atoms with Crippen molar-refractivity contribution in [3.63, 3.8) is 0 Å². The molecule has 0 atom stereocenters. The highest BCUT2D eigenvalue weighted by Gasteiger charge is 1.95. The number of hydrogen-bond donors (Lipinski definition) is 1. The van der Waals surface area contributed by atoms with Crippen molar-refractivity contribution in [2.75, 3.05) is 5.32 Å². The molecule has 0 spiro atoms. The van der Waals surface area contributed by atoms with Crippen LogP contribution in [0.5, 0.6) is 0 Å². The number of hydrogen-bond acceptors (Lipinski definition) is 1. The maximum absolute atomic E-state index is 11.5. The minimum Gasteiger partial charge on any atom is -0.329 e. The van der Waals surface area contributed by atoms with Gasteiger partial charge in [0.25, 0.3) is 0 Å². The van der Waals surface area contributed by atoms with Gasteiger partial charge in [-0.05, 0) is 24.4 Å². The van der Waals surface area contributed by atoms with E-state index in [1.807, 2.05) is 18.2 Å².